The zero-order chi connectivity index (χ0) is 13.2. The lowest BCUT2D eigenvalue weighted by Gasteiger charge is -2.07. The third-order valence-electron chi connectivity index (χ3n) is 1.81. The van der Waals surface area contributed by atoms with Crippen LogP contribution in [0.3, 0.4) is 0 Å². The minimum Gasteiger partial charge on any atom is -0.462 e. The molecule has 17 heavy (non-hydrogen) atoms. The molecule has 1 aromatic carbocycles. The van der Waals surface area contributed by atoms with Crippen molar-refractivity contribution >= 4 is 43.5 Å². The molecule has 0 spiro atoms. The largest absolute Gasteiger partial charge is 0.462 e. The second kappa shape index (κ2) is 5.34. The fraction of sp³-hybridized carbons (Fsp3) is 0.222. The Kier molecular flexibility index (Phi) is 4.54. The van der Waals surface area contributed by atoms with E-state index in [9.17, 15) is 13.2 Å². The van der Waals surface area contributed by atoms with E-state index < -0.39 is 16.0 Å². The summed E-state index contributed by atoms with van der Waals surface area (Å²) in [6.45, 7) is 1.82. The average Bonchev–Trinajstić information content (AvgIpc) is 2.20. The molecule has 5 nitrogen and oxygen atoms in total. The first kappa shape index (κ1) is 14.4. The Bertz CT molecular complexity index is 558. The van der Waals surface area contributed by atoms with Gasteiger partial charge in [0.1, 0.15) is 0 Å². The van der Waals surface area contributed by atoms with Gasteiger partial charge in [-0.2, -0.15) is 0 Å². The molecule has 0 bridgehead atoms. The van der Waals surface area contributed by atoms with E-state index >= 15 is 0 Å². The highest BCUT2D eigenvalue weighted by Gasteiger charge is 2.19. The summed E-state index contributed by atoms with van der Waals surface area (Å²) in [4.78, 5) is 11.2. The summed E-state index contributed by atoms with van der Waals surface area (Å²) < 4.78 is 27.4. The van der Waals surface area contributed by atoms with Gasteiger partial charge in [-0.25, -0.2) is 18.4 Å². The Labute approximate surface area is 112 Å². The molecule has 0 aliphatic carbocycles. The van der Waals surface area contributed by atoms with E-state index in [2.05, 4.69) is 15.9 Å². The van der Waals surface area contributed by atoms with E-state index in [1.54, 1.807) is 6.92 Å². The van der Waals surface area contributed by atoms with E-state index in [-0.39, 0.29) is 26.6 Å². The van der Waals surface area contributed by atoms with Crippen molar-refractivity contribution in [1.82, 2.24) is 0 Å². The molecule has 0 heterocycles. The van der Waals surface area contributed by atoms with Crippen LogP contribution in [-0.4, -0.2) is 21.0 Å². The third kappa shape index (κ3) is 3.41. The number of primary sulfonamides is 1. The van der Waals surface area contributed by atoms with Crippen molar-refractivity contribution in [1.29, 1.82) is 0 Å². The summed E-state index contributed by atoms with van der Waals surface area (Å²) >= 11 is 8.79. The van der Waals surface area contributed by atoms with Crippen LogP contribution in [0.25, 0.3) is 0 Å². The number of esters is 1. The van der Waals surface area contributed by atoms with Gasteiger partial charge in [0.25, 0.3) is 0 Å². The SMILES string of the molecule is CCOC(=O)c1cc(Cl)c(Br)c(S(N)(=O)=O)c1. The number of carbonyl (C=O) groups excluding carboxylic acids is 1. The molecule has 0 saturated carbocycles. The lowest BCUT2D eigenvalue weighted by atomic mass is 10.2. The number of nitrogens with two attached hydrogens (primary N) is 1. The predicted octanol–water partition coefficient (Wildman–Crippen LogP) is 1.93. The van der Waals surface area contributed by atoms with Gasteiger partial charge in [0.2, 0.25) is 10.0 Å². The molecule has 0 saturated heterocycles. The quantitative estimate of drug-likeness (QED) is 0.850. The second-order valence-corrected chi connectivity index (χ2v) is 5.77. The molecule has 0 fully saturated rings. The maximum atomic E-state index is 11.5. The first-order chi connectivity index (χ1) is 7.77. The Balaban J connectivity index is 3.39. The van der Waals surface area contributed by atoms with Crippen molar-refractivity contribution in [3.63, 3.8) is 0 Å². The van der Waals surface area contributed by atoms with Crippen molar-refractivity contribution in [3.8, 4) is 0 Å². The summed E-state index contributed by atoms with van der Waals surface area (Å²) in [7, 11) is -3.97. The number of halogens is 2. The molecular weight excluding hydrogens is 334 g/mol. The molecule has 0 aliphatic heterocycles. The van der Waals surface area contributed by atoms with Gasteiger partial charge in [0.15, 0.2) is 0 Å². The highest BCUT2D eigenvalue weighted by Crippen LogP contribution is 2.30. The lowest BCUT2D eigenvalue weighted by Crippen LogP contribution is -2.14. The number of sulfonamides is 1. The number of hydrogen-bond donors (Lipinski definition) is 1. The van der Waals surface area contributed by atoms with Gasteiger partial charge in [0, 0.05) is 0 Å². The smallest absolute Gasteiger partial charge is 0.338 e. The van der Waals surface area contributed by atoms with Crippen molar-refractivity contribution in [2.75, 3.05) is 6.61 Å². The molecule has 8 heteroatoms. The van der Waals surface area contributed by atoms with E-state index in [1.165, 1.54) is 6.07 Å². The zero-order valence-electron chi connectivity index (χ0n) is 8.74. The molecule has 0 aromatic heterocycles. The van der Waals surface area contributed by atoms with Crippen LogP contribution in [0.4, 0.5) is 0 Å². The van der Waals surface area contributed by atoms with Gasteiger partial charge < -0.3 is 4.74 Å². The second-order valence-electron chi connectivity index (χ2n) is 3.04. The van der Waals surface area contributed by atoms with Crippen LogP contribution in [0, 0.1) is 0 Å². The van der Waals surface area contributed by atoms with Gasteiger partial charge >= 0.3 is 5.97 Å². The monoisotopic (exact) mass is 341 g/mol. The minimum absolute atomic E-state index is 0.0316. The maximum Gasteiger partial charge on any atom is 0.338 e. The molecule has 0 amide bonds. The van der Waals surface area contributed by atoms with Gasteiger partial charge in [-0.05, 0) is 35.0 Å². The summed E-state index contributed by atoms with van der Waals surface area (Å²) in [5, 5.41) is 5.07. The number of rotatable bonds is 3. The molecule has 1 aromatic rings. The van der Waals surface area contributed by atoms with Crippen LogP contribution >= 0.6 is 27.5 Å². The molecular formula is C9H9BrClNO4S. The number of benzene rings is 1. The summed E-state index contributed by atoms with van der Waals surface area (Å²) in [5.74, 6) is -0.660. The van der Waals surface area contributed by atoms with Crippen LogP contribution in [0.1, 0.15) is 17.3 Å². The first-order valence-corrected chi connectivity index (χ1v) is 7.18. The Morgan fingerprint density at radius 1 is 1.53 bits per heavy atom. The van der Waals surface area contributed by atoms with Crippen LogP contribution in [0.5, 0.6) is 0 Å². The van der Waals surface area contributed by atoms with Crippen LogP contribution in [0.15, 0.2) is 21.5 Å². The Morgan fingerprint density at radius 2 is 2.12 bits per heavy atom. The van der Waals surface area contributed by atoms with Crippen molar-refractivity contribution in [3.05, 3.63) is 27.2 Å². The molecule has 1 rings (SSSR count). The third-order valence-corrected chi connectivity index (χ3v) is 4.39. The lowest BCUT2D eigenvalue weighted by molar-refractivity contribution is 0.0526. The molecule has 0 unspecified atom stereocenters. The van der Waals surface area contributed by atoms with E-state index in [1.807, 2.05) is 0 Å². The van der Waals surface area contributed by atoms with Crippen molar-refractivity contribution in [2.45, 2.75) is 11.8 Å². The fourth-order valence-corrected chi connectivity index (χ4v) is 2.94. The zero-order valence-corrected chi connectivity index (χ0v) is 11.9. The van der Waals surface area contributed by atoms with Gasteiger partial charge in [-0.3, -0.25) is 0 Å². The van der Waals surface area contributed by atoms with E-state index in [0.717, 1.165) is 6.07 Å². The maximum absolute atomic E-state index is 11.5. The molecule has 0 atom stereocenters. The fourth-order valence-electron chi connectivity index (χ4n) is 1.10. The Morgan fingerprint density at radius 3 is 2.59 bits per heavy atom. The number of hydrogen-bond acceptors (Lipinski definition) is 4. The minimum atomic E-state index is -3.97. The predicted molar refractivity (Wildman–Crippen MR) is 66.5 cm³/mol. The van der Waals surface area contributed by atoms with E-state index in [4.69, 9.17) is 21.5 Å². The molecule has 0 aliphatic rings. The van der Waals surface area contributed by atoms with Crippen LogP contribution in [-0.2, 0) is 14.8 Å². The molecule has 0 radical (unpaired) electrons. The number of ether oxygens (including phenoxy) is 1. The number of carbonyl (C=O) groups is 1. The van der Waals surface area contributed by atoms with Gasteiger partial charge in [-0.1, -0.05) is 11.6 Å². The van der Waals surface area contributed by atoms with Crippen LogP contribution in [0.2, 0.25) is 5.02 Å². The van der Waals surface area contributed by atoms with Gasteiger partial charge in [-0.15, -0.1) is 0 Å². The normalized spacial score (nSPS) is 11.3. The highest BCUT2D eigenvalue weighted by atomic mass is 79.9. The first-order valence-electron chi connectivity index (χ1n) is 4.46. The van der Waals surface area contributed by atoms with Crippen LogP contribution < -0.4 is 5.14 Å². The summed E-state index contributed by atoms with van der Waals surface area (Å²) in [6.07, 6.45) is 0. The summed E-state index contributed by atoms with van der Waals surface area (Å²) in [6, 6.07) is 2.42. The Hall–Kier alpha value is -0.630. The molecule has 2 N–H and O–H groups in total. The molecule has 94 valence electrons. The van der Waals surface area contributed by atoms with E-state index in [0.29, 0.717) is 0 Å². The van der Waals surface area contributed by atoms with Gasteiger partial charge in [0.05, 0.1) is 26.6 Å². The topological polar surface area (TPSA) is 86.5 Å². The summed E-state index contributed by atoms with van der Waals surface area (Å²) in [5.41, 5.74) is 0.0316. The standard InChI is InChI=1S/C9H9BrClNO4S/c1-2-16-9(13)5-3-6(11)8(10)7(4-5)17(12,14)15/h3-4H,2H2,1H3,(H2,12,14,15). The average molecular weight is 343 g/mol. The van der Waals surface area contributed by atoms with Crippen molar-refractivity contribution in [2.24, 2.45) is 5.14 Å². The van der Waals surface area contributed by atoms with Crippen molar-refractivity contribution < 1.29 is 17.9 Å². The highest BCUT2D eigenvalue weighted by molar-refractivity contribution is 9.10.